The summed E-state index contributed by atoms with van der Waals surface area (Å²) in [6.07, 6.45) is 0. The van der Waals surface area contributed by atoms with Gasteiger partial charge in [0.05, 0.1) is 6.61 Å². The van der Waals surface area contributed by atoms with E-state index in [4.69, 9.17) is 22.1 Å². The highest BCUT2D eigenvalue weighted by Crippen LogP contribution is 2.24. The van der Waals surface area contributed by atoms with E-state index in [-0.39, 0.29) is 0 Å². The van der Waals surface area contributed by atoms with Crippen molar-refractivity contribution in [3.05, 3.63) is 35.0 Å². The highest BCUT2D eigenvalue weighted by atomic mass is 35.5. The molecule has 0 aliphatic heterocycles. The van der Waals surface area contributed by atoms with Crippen molar-refractivity contribution in [1.29, 1.82) is 0 Å². The SMILES string of the molecule is COCc1ccc2c(Cl)nc(N)cc2c1. The average molecular weight is 223 g/mol. The summed E-state index contributed by atoms with van der Waals surface area (Å²) in [4.78, 5) is 3.99. The average Bonchev–Trinajstić information content (AvgIpc) is 2.17. The van der Waals surface area contributed by atoms with E-state index in [9.17, 15) is 0 Å². The Labute approximate surface area is 92.8 Å². The monoisotopic (exact) mass is 222 g/mol. The molecule has 1 aromatic heterocycles. The summed E-state index contributed by atoms with van der Waals surface area (Å²) in [5, 5.41) is 2.33. The van der Waals surface area contributed by atoms with Crippen LogP contribution in [0, 0.1) is 0 Å². The number of ether oxygens (including phenoxy) is 1. The van der Waals surface area contributed by atoms with Crippen LogP contribution in [0.3, 0.4) is 0 Å². The molecule has 0 atom stereocenters. The Kier molecular flexibility index (Phi) is 2.75. The van der Waals surface area contributed by atoms with E-state index in [2.05, 4.69) is 4.98 Å². The van der Waals surface area contributed by atoms with Crippen molar-refractivity contribution >= 4 is 28.2 Å². The summed E-state index contributed by atoms with van der Waals surface area (Å²) in [5.41, 5.74) is 6.71. The van der Waals surface area contributed by atoms with Gasteiger partial charge in [0.2, 0.25) is 0 Å². The van der Waals surface area contributed by atoms with E-state index in [0.29, 0.717) is 17.6 Å². The number of nitrogens with zero attached hydrogens (tertiary/aromatic N) is 1. The molecule has 0 fully saturated rings. The topological polar surface area (TPSA) is 48.1 Å². The molecule has 0 unspecified atom stereocenters. The predicted molar refractivity (Wildman–Crippen MR) is 61.9 cm³/mol. The third-order valence-electron chi connectivity index (χ3n) is 2.18. The van der Waals surface area contributed by atoms with Crippen LogP contribution in [0.15, 0.2) is 24.3 Å². The van der Waals surface area contributed by atoms with Crippen molar-refractivity contribution < 1.29 is 4.74 Å². The van der Waals surface area contributed by atoms with Gasteiger partial charge in [0.15, 0.2) is 0 Å². The van der Waals surface area contributed by atoms with Gasteiger partial charge in [0.25, 0.3) is 0 Å². The molecule has 0 amide bonds. The summed E-state index contributed by atoms with van der Waals surface area (Å²) < 4.78 is 5.06. The molecule has 0 saturated heterocycles. The minimum absolute atomic E-state index is 0.432. The van der Waals surface area contributed by atoms with Crippen LogP contribution in [0.2, 0.25) is 5.15 Å². The molecule has 1 aromatic carbocycles. The first-order valence-corrected chi connectivity index (χ1v) is 4.92. The lowest BCUT2D eigenvalue weighted by Gasteiger charge is -2.04. The number of benzene rings is 1. The van der Waals surface area contributed by atoms with Crippen LogP contribution < -0.4 is 5.73 Å². The maximum atomic E-state index is 5.97. The Hall–Kier alpha value is -1.32. The number of hydrogen-bond donors (Lipinski definition) is 1. The number of fused-ring (bicyclic) bond motifs is 1. The lowest BCUT2D eigenvalue weighted by atomic mass is 10.1. The molecular weight excluding hydrogens is 212 g/mol. The normalized spacial score (nSPS) is 10.8. The molecule has 0 saturated carbocycles. The summed E-state index contributed by atoms with van der Waals surface area (Å²) >= 11 is 5.97. The second-order valence-electron chi connectivity index (χ2n) is 3.33. The standard InChI is InChI=1S/C11H11ClN2O/c1-15-6-7-2-3-9-8(4-7)5-10(13)14-11(9)12/h2-5H,6H2,1H3,(H2,13,14). The molecular formula is C11H11ClN2O. The Morgan fingerprint density at radius 3 is 2.93 bits per heavy atom. The highest BCUT2D eigenvalue weighted by molar-refractivity contribution is 6.34. The molecule has 4 heteroatoms. The fraction of sp³-hybridized carbons (Fsp3) is 0.182. The molecule has 15 heavy (non-hydrogen) atoms. The van der Waals surface area contributed by atoms with Gasteiger partial charge in [0.1, 0.15) is 11.0 Å². The lowest BCUT2D eigenvalue weighted by Crippen LogP contribution is -1.92. The van der Waals surface area contributed by atoms with Crippen molar-refractivity contribution in [3.8, 4) is 0 Å². The van der Waals surface area contributed by atoms with E-state index in [1.165, 1.54) is 0 Å². The summed E-state index contributed by atoms with van der Waals surface area (Å²) in [6.45, 7) is 0.579. The largest absolute Gasteiger partial charge is 0.384 e. The Morgan fingerprint density at radius 2 is 2.20 bits per heavy atom. The first kappa shape index (κ1) is 10.2. The second kappa shape index (κ2) is 4.04. The number of anilines is 1. The minimum atomic E-state index is 0.432. The van der Waals surface area contributed by atoms with E-state index < -0.39 is 0 Å². The molecule has 2 N–H and O–H groups in total. The van der Waals surface area contributed by atoms with Crippen LogP contribution in [0.4, 0.5) is 5.82 Å². The third kappa shape index (κ3) is 2.03. The van der Waals surface area contributed by atoms with Gasteiger partial charge >= 0.3 is 0 Å². The van der Waals surface area contributed by atoms with E-state index in [0.717, 1.165) is 16.3 Å². The molecule has 78 valence electrons. The maximum absolute atomic E-state index is 5.97. The highest BCUT2D eigenvalue weighted by Gasteiger charge is 2.03. The summed E-state index contributed by atoms with van der Waals surface area (Å²) in [6, 6.07) is 7.71. The van der Waals surface area contributed by atoms with Crippen LogP contribution in [0.1, 0.15) is 5.56 Å². The van der Waals surface area contributed by atoms with Crippen LogP contribution >= 0.6 is 11.6 Å². The lowest BCUT2D eigenvalue weighted by molar-refractivity contribution is 0.185. The second-order valence-corrected chi connectivity index (χ2v) is 3.68. The zero-order valence-electron chi connectivity index (χ0n) is 8.33. The summed E-state index contributed by atoms with van der Waals surface area (Å²) in [7, 11) is 1.66. The van der Waals surface area contributed by atoms with Gasteiger partial charge in [-0.25, -0.2) is 4.98 Å². The number of nitrogen functional groups attached to an aromatic ring is 1. The molecule has 0 aliphatic rings. The van der Waals surface area contributed by atoms with E-state index in [1.54, 1.807) is 13.2 Å². The van der Waals surface area contributed by atoms with Crippen LogP contribution in [-0.2, 0) is 11.3 Å². The van der Waals surface area contributed by atoms with Gasteiger partial charge in [-0.2, -0.15) is 0 Å². The number of aromatic nitrogens is 1. The number of methoxy groups -OCH3 is 1. The quantitative estimate of drug-likeness (QED) is 0.795. The minimum Gasteiger partial charge on any atom is -0.384 e. The van der Waals surface area contributed by atoms with Crippen LogP contribution in [0.25, 0.3) is 10.8 Å². The fourth-order valence-electron chi connectivity index (χ4n) is 1.54. The molecule has 1 heterocycles. The van der Waals surface area contributed by atoms with Gasteiger partial charge in [-0.3, -0.25) is 0 Å². The smallest absolute Gasteiger partial charge is 0.139 e. The van der Waals surface area contributed by atoms with Gasteiger partial charge in [-0.15, -0.1) is 0 Å². The van der Waals surface area contributed by atoms with Gasteiger partial charge in [-0.1, -0.05) is 23.7 Å². The molecule has 0 spiro atoms. The van der Waals surface area contributed by atoms with Gasteiger partial charge in [-0.05, 0) is 23.1 Å². The van der Waals surface area contributed by atoms with E-state index >= 15 is 0 Å². The molecule has 0 aliphatic carbocycles. The van der Waals surface area contributed by atoms with Crippen molar-refractivity contribution in [2.75, 3.05) is 12.8 Å². The zero-order chi connectivity index (χ0) is 10.8. The number of hydrogen-bond acceptors (Lipinski definition) is 3. The zero-order valence-corrected chi connectivity index (χ0v) is 9.08. The third-order valence-corrected chi connectivity index (χ3v) is 2.47. The van der Waals surface area contributed by atoms with Crippen LogP contribution in [-0.4, -0.2) is 12.1 Å². The van der Waals surface area contributed by atoms with Crippen LogP contribution in [0.5, 0.6) is 0 Å². The fourth-order valence-corrected chi connectivity index (χ4v) is 1.81. The molecule has 2 rings (SSSR count). The van der Waals surface area contributed by atoms with Crippen molar-refractivity contribution in [1.82, 2.24) is 4.98 Å². The molecule has 3 nitrogen and oxygen atoms in total. The summed E-state index contributed by atoms with van der Waals surface area (Å²) in [5.74, 6) is 0.432. The number of nitrogens with two attached hydrogens (primary N) is 1. The van der Waals surface area contributed by atoms with Crippen molar-refractivity contribution in [3.63, 3.8) is 0 Å². The Bertz CT molecular complexity index is 499. The predicted octanol–water partition coefficient (Wildman–Crippen LogP) is 2.62. The Balaban J connectivity index is 2.60. The number of rotatable bonds is 2. The molecule has 0 bridgehead atoms. The first-order valence-electron chi connectivity index (χ1n) is 4.54. The first-order chi connectivity index (χ1) is 7.20. The Morgan fingerprint density at radius 1 is 1.40 bits per heavy atom. The van der Waals surface area contributed by atoms with E-state index in [1.807, 2.05) is 18.2 Å². The number of pyridine rings is 1. The molecule has 2 aromatic rings. The number of halogens is 1. The van der Waals surface area contributed by atoms with Gasteiger partial charge in [0, 0.05) is 12.5 Å². The molecule has 0 radical (unpaired) electrons. The van der Waals surface area contributed by atoms with Gasteiger partial charge < -0.3 is 10.5 Å². The maximum Gasteiger partial charge on any atom is 0.139 e. The van der Waals surface area contributed by atoms with Crippen molar-refractivity contribution in [2.24, 2.45) is 0 Å². The van der Waals surface area contributed by atoms with Crippen molar-refractivity contribution in [2.45, 2.75) is 6.61 Å².